The van der Waals surface area contributed by atoms with E-state index in [4.69, 9.17) is 32.7 Å². The Kier molecular flexibility index (Phi) is 6.12. The maximum Gasteiger partial charge on any atom is 0.303 e. The molecular formula is C31H34Cl2N2O5. The van der Waals surface area contributed by atoms with Gasteiger partial charge in [-0.15, -0.1) is 0 Å². The van der Waals surface area contributed by atoms with Crippen LogP contribution in [-0.4, -0.2) is 70.7 Å². The number of rotatable bonds is 6. The average molecular weight is 586 g/mol. The molecule has 1 saturated heterocycles. The SMILES string of the molecule is CC(=O)O[C@@]12CC[C@@H](N(C)C(=O)Cc3ccc(Cl)c(Cl)c3)[C@@H]3Oc4c(O)ccc5c4[C@@]31CCN(CC1CC1)[C@@H]2C5. The van der Waals surface area contributed by atoms with Crippen LogP contribution in [0.15, 0.2) is 30.3 Å². The molecule has 2 saturated carbocycles. The summed E-state index contributed by atoms with van der Waals surface area (Å²) in [5, 5.41) is 11.9. The predicted octanol–water partition coefficient (Wildman–Crippen LogP) is 4.90. The van der Waals surface area contributed by atoms with Gasteiger partial charge in [0.25, 0.3) is 0 Å². The molecule has 3 fully saturated rings. The third kappa shape index (κ3) is 3.73. The predicted molar refractivity (Wildman–Crippen MR) is 151 cm³/mol. The van der Waals surface area contributed by atoms with Gasteiger partial charge in [-0.2, -0.15) is 0 Å². The third-order valence-corrected chi connectivity index (χ3v) is 11.0. The summed E-state index contributed by atoms with van der Waals surface area (Å²) in [7, 11) is 1.83. The van der Waals surface area contributed by atoms with E-state index in [2.05, 4.69) is 4.90 Å². The number of phenolic OH excluding ortho intramolecular Hbond substituents is 1. The zero-order chi connectivity index (χ0) is 28.0. The number of ether oxygens (including phenoxy) is 2. The lowest BCUT2D eigenvalue weighted by Gasteiger charge is -2.65. The van der Waals surface area contributed by atoms with E-state index >= 15 is 0 Å². The van der Waals surface area contributed by atoms with E-state index < -0.39 is 17.1 Å². The number of piperidine rings is 1. The van der Waals surface area contributed by atoms with Gasteiger partial charge in [0.15, 0.2) is 11.5 Å². The van der Waals surface area contributed by atoms with Crippen LogP contribution in [0.3, 0.4) is 0 Å². The van der Waals surface area contributed by atoms with Gasteiger partial charge in [-0.1, -0.05) is 35.3 Å². The second-order valence-electron chi connectivity index (χ2n) is 12.4. The standard InChI is InChI=1S/C31H34Cl2N2O5/c1-17(36)40-31-10-9-23(34(2)26(38)14-19-5-7-21(32)22(33)13-19)29-30(31)11-12-35(16-18-3-4-18)25(31)15-20-6-8-24(37)28(39-29)27(20)30/h5-8,13,18,23,25,29,37H,3-4,9-12,14-16H2,1-2H3/t23-,25-,29+,30+,31-/m1/s1. The monoisotopic (exact) mass is 584 g/mol. The first-order chi connectivity index (χ1) is 19.1. The first-order valence-corrected chi connectivity index (χ1v) is 15.1. The molecule has 5 aliphatic rings. The average Bonchev–Trinajstić information content (AvgIpc) is 3.65. The molecule has 1 amide bonds. The smallest absolute Gasteiger partial charge is 0.303 e. The number of likely N-dealkylation sites (tertiary alicyclic amines) is 1. The molecule has 212 valence electrons. The van der Waals surface area contributed by atoms with E-state index in [1.54, 1.807) is 23.1 Å². The third-order valence-electron chi connectivity index (χ3n) is 10.2. The second kappa shape index (κ2) is 9.27. The van der Waals surface area contributed by atoms with Crippen LogP contribution >= 0.6 is 23.2 Å². The van der Waals surface area contributed by atoms with E-state index in [0.717, 1.165) is 42.6 Å². The molecule has 2 aromatic rings. The first kappa shape index (κ1) is 26.4. The summed E-state index contributed by atoms with van der Waals surface area (Å²) in [6.07, 6.45) is 4.98. The van der Waals surface area contributed by atoms with Gasteiger partial charge in [-0.25, -0.2) is 0 Å². The molecule has 2 aromatic carbocycles. The van der Waals surface area contributed by atoms with E-state index in [1.165, 1.54) is 19.8 Å². The lowest BCUT2D eigenvalue weighted by atomic mass is 9.48. The van der Waals surface area contributed by atoms with Gasteiger partial charge in [0, 0.05) is 26.1 Å². The van der Waals surface area contributed by atoms with Crippen LogP contribution in [-0.2, 0) is 32.6 Å². The van der Waals surface area contributed by atoms with Gasteiger partial charge in [-0.3, -0.25) is 14.5 Å². The Bertz CT molecular complexity index is 1410. The second-order valence-corrected chi connectivity index (χ2v) is 13.2. The summed E-state index contributed by atoms with van der Waals surface area (Å²) >= 11 is 12.3. The maximum absolute atomic E-state index is 13.7. The minimum Gasteiger partial charge on any atom is -0.504 e. The first-order valence-electron chi connectivity index (χ1n) is 14.3. The number of hydrogen-bond acceptors (Lipinski definition) is 6. The van der Waals surface area contributed by atoms with Crippen molar-refractivity contribution in [3.8, 4) is 11.5 Å². The highest BCUT2D eigenvalue weighted by Crippen LogP contribution is 2.67. The molecule has 1 spiro atoms. The lowest BCUT2D eigenvalue weighted by molar-refractivity contribution is -0.223. The number of likely N-dealkylation sites (N-methyl/N-ethyl adjacent to an activating group) is 1. The molecule has 1 N–H and O–H groups in total. The number of nitrogens with zero attached hydrogens (tertiary/aromatic N) is 2. The molecule has 3 aliphatic carbocycles. The summed E-state index contributed by atoms with van der Waals surface area (Å²) in [6, 6.07) is 8.75. The Morgan fingerprint density at radius 2 is 1.95 bits per heavy atom. The number of carbonyl (C=O) groups excluding carboxylic acids is 2. The van der Waals surface area contributed by atoms with Crippen molar-refractivity contribution in [1.82, 2.24) is 9.80 Å². The highest BCUT2D eigenvalue weighted by atomic mass is 35.5. The van der Waals surface area contributed by atoms with Crippen molar-refractivity contribution in [2.24, 2.45) is 5.92 Å². The maximum atomic E-state index is 13.7. The van der Waals surface area contributed by atoms with E-state index in [9.17, 15) is 14.7 Å². The summed E-state index contributed by atoms with van der Waals surface area (Å²) in [4.78, 5) is 30.8. The number of phenols is 1. The van der Waals surface area contributed by atoms with E-state index in [-0.39, 0.29) is 36.1 Å². The summed E-state index contributed by atoms with van der Waals surface area (Å²) in [6.45, 7) is 3.38. The fourth-order valence-corrected chi connectivity index (χ4v) is 8.74. The Balaban J connectivity index is 1.30. The number of aromatic hydroxyl groups is 1. The van der Waals surface area contributed by atoms with E-state index in [0.29, 0.717) is 34.6 Å². The summed E-state index contributed by atoms with van der Waals surface area (Å²) < 4.78 is 13.2. The summed E-state index contributed by atoms with van der Waals surface area (Å²) in [5.41, 5.74) is 1.49. The van der Waals surface area contributed by atoms with Crippen molar-refractivity contribution < 1.29 is 24.2 Å². The van der Waals surface area contributed by atoms with Gasteiger partial charge in [0.1, 0.15) is 11.7 Å². The molecule has 0 unspecified atom stereocenters. The van der Waals surface area contributed by atoms with Crippen LogP contribution in [0.5, 0.6) is 11.5 Å². The van der Waals surface area contributed by atoms with Crippen molar-refractivity contribution in [2.75, 3.05) is 20.1 Å². The van der Waals surface area contributed by atoms with Crippen LogP contribution in [0.4, 0.5) is 0 Å². The molecule has 2 bridgehead atoms. The molecule has 2 aliphatic heterocycles. The summed E-state index contributed by atoms with van der Waals surface area (Å²) in [5.74, 6) is 0.947. The van der Waals surface area contributed by atoms with Gasteiger partial charge < -0.3 is 19.5 Å². The van der Waals surface area contributed by atoms with Gasteiger partial charge in [0.2, 0.25) is 5.91 Å². The quantitative estimate of drug-likeness (QED) is 0.486. The number of halogens is 2. The number of benzene rings is 2. The van der Waals surface area contributed by atoms with Crippen LogP contribution in [0, 0.1) is 5.92 Å². The van der Waals surface area contributed by atoms with E-state index in [1.807, 2.05) is 19.2 Å². The molecule has 7 nitrogen and oxygen atoms in total. The number of amides is 1. The molecule has 7 rings (SSSR count). The van der Waals surface area contributed by atoms with Crippen molar-refractivity contribution in [1.29, 1.82) is 0 Å². The molecule has 0 radical (unpaired) electrons. The van der Waals surface area contributed by atoms with Gasteiger partial charge >= 0.3 is 5.97 Å². The van der Waals surface area contributed by atoms with Crippen molar-refractivity contribution in [2.45, 2.75) is 81.1 Å². The molecule has 0 aromatic heterocycles. The van der Waals surface area contributed by atoms with Crippen LogP contribution < -0.4 is 4.74 Å². The van der Waals surface area contributed by atoms with Crippen LogP contribution in [0.2, 0.25) is 10.0 Å². The number of carbonyl (C=O) groups is 2. The molecule has 2 heterocycles. The Morgan fingerprint density at radius 3 is 2.67 bits per heavy atom. The topological polar surface area (TPSA) is 79.3 Å². The number of esters is 1. The molecule has 40 heavy (non-hydrogen) atoms. The van der Waals surface area contributed by atoms with Crippen molar-refractivity contribution in [3.63, 3.8) is 0 Å². The molecule has 9 heteroatoms. The Morgan fingerprint density at radius 1 is 1.15 bits per heavy atom. The van der Waals surface area contributed by atoms with Crippen molar-refractivity contribution in [3.05, 3.63) is 57.1 Å². The van der Waals surface area contributed by atoms with Gasteiger partial charge in [-0.05, 0) is 80.3 Å². The zero-order valence-electron chi connectivity index (χ0n) is 22.8. The normalized spacial score (nSPS) is 31.8. The minimum atomic E-state index is -0.785. The van der Waals surface area contributed by atoms with Crippen LogP contribution in [0.25, 0.3) is 0 Å². The lowest BCUT2D eigenvalue weighted by Crippen LogP contribution is -2.79. The number of hydrogen-bond donors (Lipinski definition) is 1. The molecule has 5 atom stereocenters. The zero-order valence-corrected chi connectivity index (χ0v) is 24.3. The highest BCUT2D eigenvalue weighted by Gasteiger charge is 2.75. The highest BCUT2D eigenvalue weighted by molar-refractivity contribution is 6.42. The van der Waals surface area contributed by atoms with Gasteiger partial charge in [0.05, 0.1) is 34.0 Å². The fraction of sp³-hybridized carbons (Fsp3) is 0.548. The fourth-order valence-electron chi connectivity index (χ4n) is 8.42. The largest absolute Gasteiger partial charge is 0.504 e. The van der Waals surface area contributed by atoms with Crippen LogP contribution in [0.1, 0.15) is 55.7 Å². The minimum absolute atomic E-state index is 0.0259. The van der Waals surface area contributed by atoms with Crippen molar-refractivity contribution >= 4 is 35.1 Å². The Hall–Kier alpha value is -2.48. The molecular weight excluding hydrogens is 551 g/mol. The Labute approximate surface area is 244 Å².